The predicted molar refractivity (Wildman–Crippen MR) is 66.2 cm³/mol. The first-order valence-corrected chi connectivity index (χ1v) is 5.97. The molecule has 5 heteroatoms. The van der Waals surface area contributed by atoms with Crippen molar-refractivity contribution in [1.82, 2.24) is 0 Å². The lowest BCUT2D eigenvalue weighted by Crippen LogP contribution is -2.03. The normalized spacial score (nSPS) is 10.2. The second-order valence-corrected chi connectivity index (χ2v) is 4.24. The Morgan fingerprint density at radius 1 is 1.28 bits per heavy atom. The Kier molecular flexibility index (Phi) is 5.78. The summed E-state index contributed by atoms with van der Waals surface area (Å²) in [6.45, 7) is 0. The van der Waals surface area contributed by atoms with E-state index in [1.807, 2.05) is 0 Å². The van der Waals surface area contributed by atoms with Gasteiger partial charge in [-0.05, 0) is 31.0 Å². The highest BCUT2D eigenvalue weighted by atomic mass is 35.5. The van der Waals surface area contributed by atoms with Gasteiger partial charge in [-0.1, -0.05) is 11.6 Å². The summed E-state index contributed by atoms with van der Waals surface area (Å²) >= 11 is 5.78. The van der Waals surface area contributed by atoms with Gasteiger partial charge in [0.25, 0.3) is 0 Å². The number of esters is 1. The SMILES string of the molecule is COC(=O)CCCCC(=O)c1ccc(F)cc1Cl. The van der Waals surface area contributed by atoms with Gasteiger partial charge in [-0.3, -0.25) is 9.59 Å². The number of unbranched alkanes of at least 4 members (excludes halogenated alkanes) is 1. The van der Waals surface area contributed by atoms with E-state index in [0.717, 1.165) is 6.07 Å². The van der Waals surface area contributed by atoms with Crippen LogP contribution < -0.4 is 0 Å². The third kappa shape index (κ3) is 4.45. The fraction of sp³-hybridized carbons (Fsp3) is 0.385. The molecule has 0 aliphatic heterocycles. The maximum atomic E-state index is 12.8. The molecule has 1 aromatic rings. The highest BCUT2D eigenvalue weighted by Crippen LogP contribution is 2.19. The van der Waals surface area contributed by atoms with E-state index in [1.54, 1.807) is 0 Å². The molecule has 0 radical (unpaired) electrons. The van der Waals surface area contributed by atoms with Crippen molar-refractivity contribution in [1.29, 1.82) is 0 Å². The molecule has 0 fully saturated rings. The van der Waals surface area contributed by atoms with Crippen molar-refractivity contribution < 1.29 is 18.7 Å². The summed E-state index contributed by atoms with van der Waals surface area (Å²) in [7, 11) is 1.33. The third-order valence-electron chi connectivity index (χ3n) is 2.49. The predicted octanol–water partition coefficient (Wildman–Crippen LogP) is 3.40. The topological polar surface area (TPSA) is 43.4 Å². The first-order valence-electron chi connectivity index (χ1n) is 5.59. The van der Waals surface area contributed by atoms with E-state index in [4.69, 9.17) is 11.6 Å². The zero-order chi connectivity index (χ0) is 13.5. The number of hydrogen-bond acceptors (Lipinski definition) is 3. The molecule has 0 saturated heterocycles. The molecule has 0 atom stereocenters. The summed E-state index contributed by atoms with van der Waals surface area (Å²) < 4.78 is 17.3. The number of halogens is 2. The Bertz CT molecular complexity index is 446. The molecule has 18 heavy (non-hydrogen) atoms. The maximum Gasteiger partial charge on any atom is 0.305 e. The van der Waals surface area contributed by atoms with Crippen molar-refractivity contribution in [3.05, 3.63) is 34.6 Å². The van der Waals surface area contributed by atoms with Gasteiger partial charge in [-0.25, -0.2) is 4.39 Å². The molecule has 0 amide bonds. The fourth-order valence-corrected chi connectivity index (χ4v) is 1.78. The van der Waals surface area contributed by atoms with Crippen molar-refractivity contribution in [2.45, 2.75) is 25.7 Å². The summed E-state index contributed by atoms with van der Waals surface area (Å²) in [5.74, 6) is -0.908. The molecule has 0 aromatic heterocycles. The average molecular weight is 273 g/mol. The Morgan fingerprint density at radius 2 is 1.94 bits per heavy atom. The molecule has 1 aromatic carbocycles. The van der Waals surface area contributed by atoms with Crippen LogP contribution in [0.5, 0.6) is 0 Å². The van der Waals surface area contributed by atoms with Crippen LogP contribution in [0.15, 0.2) is 18.2 Å². The lowest BCUT2D eigenvalue weighted by Gasteiger charge is -2.03. The third-order valence-corrected chi connectivity index (χ3v) is 2.81. The number of hydrogen-bond donors (Lipinski definition) is 0. The Morgan fingerprint density at radius 3 is 2.56 bits per heavy atom. The number of rotatable bonds is 6. The van der Waals surface area contributed by atoms with Crippen LogP contribution in [0.2, 0.25) is 5.02 Å². The van der Waals surface area contributed by atoms with Crippen molar-refractivity contribution >= 4 is 23.4 Å². The van der Waals surface area contributed by atoms with Crippen LogP contribution in [0, 0.1) is 5.82 Å². The highest BCUT2D eigenvalue weighted by Gasteiger charge is 2.11. The number of methoxy groups -OCH3 is 1. The minimum Gasteiger partial charge on any atom is -0.469 e. The first kappa shape index (κ1) is 14.6. The number of Topliss-reactive ketones (excluding diaryl/α,β-unsaturated/α-hetero) is 1. The second-order valence-electron chi connectivity index (χ2n) is 3.83. The van der Waals surface area contributed by atoms with Gasteiger partial charge >= 0.3 is 5.97 Å². The first-order chi connectivity index (χ1) is 8.54. The number of carbonyl (C=O) groups is 2. The van der Waals surface area contributed by atoms with Crippen LogP contribution in [0.25, 0.3) is 0 Å². The Hall–Kier alpha value is -1.42. The molecule has 0 N–H and O–H groups in total. The zero-order valence-electron chi connectivity index (χ0n) is 10.0. The molecule has 98 valence electrons. The average Bonchev–Trinajstić information content (AvgIpc) is 2.34. The molecule has 1 rings (SSSR count). The quantitative estimate of drug-likeness (QED) is 0.453. The lowest BCUT2D eigenvalue weighted by atomic mass is 10.0. The van der Waals surface area contributed by atoms with Crippen LogP contribution >= 0.6 is 11.6 Å². The monoisotopic (exact) mass is 272 g/mol. The van der Waals surface area contributed by atoms with Gasteiger partial charge in [-0.15, -0.1) is 0 Å². The summed E-state index contributed by atoms with van der Waals surface area (Å²) in [5, 5.41) is 0.118. The summed E-state index contributed by atoms with van der Waals surface area (Å²) in [5.41, 5.74) is 0.316. The Balaban J connectivity index is 2.43. The molecule has 0 saturated carbocycles. The van der Waals surface area contributed by atoms with Gasteiger partial charge in [-0.2, -0.15) is 0 Å². The van der Waals surface area contributed by atoms with Crippen molar-refractivity contribution in [2.75, 3.05) is 7.11 Å². The van der Waals surface area contributed by atoms with Gasteiger partial charge in [0.1, 0.15) is 5.82 Å². The lowest BCUT2D eigenvalue weighted by molar-refractivity contribution is -0.140. The second kappa shape index (κ2) is 7.11. The van der Waals surface area contributed by atoms with Crippen LogP contribution in [-0.4, -0.2) is 18.9 Å². The summed E-state index contributed by atoms with van der Waals surface area (Å²) in [6, 6.07) is 3.69. The molecule has 3 nitrogen and oxygen atoms in total. The van der Waals surface area contributed by atoms with Crippen LogP contribution in [-0.2, 0) is 9.53 Å². The highest BCUT2D eigenvalue weighted by molar-refractivity contribution is 6.33. The molecule has 0 aliphatic rings. The van der Waals surface area contributed by atoms with E-state index >= 15 is 0 Å². The molecule has 0 unspecified atom stereocenters. The number of benzene rings is 1. The maximum absolute atomic E-state index is 12.8. The van der Waals surface area contributed by atoms with Crippen molar-refractivity contribution in [3.8, 4) is 0 Å². The number of ether oxygens (including phenoxy) is 1. The van der Waals surface area contributed by atoms with Gasteiger partial charge in [0.15, 0.2) is 5.78 Å². The Labute approximate surface area is 110 Å². The standard InChI is InChI=1S/C13H14ClFO3/c1-18-13(17)5-3-2-4-12(16)10-7-6-9(15)8-11(10)14/h6-8H,2-5H2,1H3. The van der Waals surface area contributed by atoms with E-state index in [9.17, 15) is 14.0 Å². The van der Waals surface area contributed by atoms with Gasteiger partial charge in [0.2, 0.25) is 0 Å². The van der Waals surface area contributed by atoms with Crippen LogP contribution in [0.3, 0.4) is 0 Å². The van der Waals surface area contributed by atoms with Gasteiger partial charge < -0.3 is 4.74 Å². The fourth-order valence-electron chi connectivity index (χ4n) is 1.51. The zero-order valence-corrected chi connectivity index (χ0v) is 10.8. The van der Waals surface area contributed by atoms with Crippen molar-refractivity contribution in [3.63, 3.8) is 0 Å². The molecular formula is C13H14ClFO3. The van der Waals surface area contributed by atoms with E-state index in [-0.39, 0.29) is 23.2 Å². The van der Waals surface area contributed by atoms with E-state index in [0.29, 0.717) is 24.8 Å². The van der Waals surface area contributed by atoms with Crippen molar-refractivity contribution in [2.24, 2.45) is 0 Å². The van der Waals surface area contributed by atoms with Gasteiger partial charge in [0, 0.05) is 18.4 Å². The molecule has 0 bridgehead atoms. The molecule has 0 aliphatic carbocycles. The van der Waals surface area contributed by atoms with Crippen LogP contribution in [0.1, 0.15) is 36.0 Å². The molecule has 0 heterocycles. The minimum atomic E-state index is -0.470. The van der Waals surface area contributed by atoms with Gasteiger partial charge in [0.05, 0.1) is 12.1 Å². The number of ketones is 1. The largest absolute Gasteiger partial charge is 0.469 e. The van der Waals surface area contributed by atoms with Crippen LogP contribution in [0.4, 0.5) is 4.39 Å². The summed E-state index contributed by atoms with van der Waals surface area (Å²) in [4.78, 5) is 22.6. The molecule has 0 spiro atoms. The number of carbonyl (C=O) groups excluding carboxylic acids is 2. The van der Waals surface area contributed by atoms with E-state index in [2.05, 4.69) is 4.74 Å². The minimum absolute atomic E-state index is 0.118. The molecular weight excluding hydrogens is 259 g/mol. The van der Waals surface area contributed by atoms with E-state index in [1.165, 1.54) is 19.2 Å². The smallest absolute Gasteiger partial charge is 0.305 e. The summed E-state index contributed by atoms with van der Waals surface area (Å²) in [6.07, 6.45) is 1.72. The van der Waals surface area contributed by atoms with E-state index < -0.39 is 5.82 Å².